The first-order valence-corrected chi connectivity index (χ1v) is 4.37. The van der Waals surface area contributed by atoms with Crippen LogP contribution in [-0.4, -0.2) is 39.1 Å². The molecule has 5 nitrogen and oxygen atoms in total. The SMILES string of the molecule is CC1C[NH2+]CCO1.O=S([O-])O. The maximum absolute atomic E-state index is 8.56. The van der Waals surface area contributed by atoms with Crippen molar-refractivity contribution in [2.24, 2.45) is 0 Å². The smallest absolute Gasteiger partial charge is 0.104 e. The summed E-state index contributed by atoms with van der Waals surface area (Å²) >= 11 is -2.86. The van der Waals surface area contributed by atoms with Crippen LogP contribution in [0.2, 0.25) is 0 Å². The highest BCUT2D eigenvalue weighted by molar-refractivity contribution is 7.73. The van der Waals surface area contributed by atoms with Gasteiger partial charge in [0.25, 0.3) is 0 Å². The van der Waals surface area contributed by atoms with E-state index in [0.717, 1.165) is 19.7 Å². The second-order valence-electron chi connectivity index (χ2n) is 2.21. The van der Waals surface area contributed by atoms with E-state index in [9.17, 15) is 0 Å². The molecular weight excluding hydrogens is 170 g/mol. The maximum atomic E-state index is 8.56. The maximum Gasteiger partial charge on any atom is 0.104 e. The molecule has 0 aromatic heterocycles. The molecule has 1 rings (SSSR count). The van der Waals surface area contributed by atoms with Crippen molar-refractivity contribution in [3.8, 4) is 0 Å². The van der Waals surface area contributed by atoms with Crippen molar-refractivity contribution in [1.82, 2.24) is 0 Å². The summed E-state index contributed by atoms with van der Waals surface area (Å²) in [5.74, 6) is 0. The fourth-order valence-electron chi connectivity index (χ4n) is 0.773. The largest absolute Gasteiger partial charge is 0.750 e. The van der Waals surface area contributed by atoms with E-state index >= 15 is 0 Å². The lowest BCUT2D eigenvalue weighted by molar-refractivity contribution is -0.676. The van der Waals surface area contributed by atoms with Crippen LogP contribution in [0.3, 0.4) is 0 Å². The van der Waals surface area contributed by atoms with E-state index in [2.05, 4.69) is 12.2 Å². The Morgan fingerprint density at radius 1 is 1.82 bits per heavy atom. The van der Waals surface area contributed by atoms with Crippen LogP contribution in [0.4, 0.5) is 0 Å². The van der Waals surface area contributed by atoms with Crippen LogP contribution in [0.15, 0.2) is 0 Å². The van der Waals surface area contributed by atoms with Crippen molar-refractivity contribution in [3.63, 3.8) is 0 Å². The average molecular weight is 183 g/mol. The Balaban J connectivity index is 0.000000218. The summed E-state index contributed by atoms with van der Waals surface area (Å²) in [5.41, 5.74) is 0. The third-order valence-corrected chi connectivity index (χ3v) is 1.22. The molecule has 0 aliphatic carbocycles. The van der Waals surface area contributed by atoms with Crippen LogP contribution in [0.5, 0.6) is 0 Å². The van der Waals surface area contributed by atoms with Crippen molar-refractivity contribution < 1.29 is 23.4 Å². The number of ether oxygens (including phenoxy) is 1. The number of hydrogen-bond donors (Lipinski definition) is 2. The van der Waals surface area contributed by atoms with E-state index in [1.54, 1.807) is 0 Å². The third-order valence-electron chi connectivity index (χ3n) is 1.22. The van der Waals surface area contributed by atoms with Crippen molar-refractivity contribution in [1.29, 1.82) is 0 Å². The minimum absolute atomic E-state index is 0.480. The molecule has 0 amide bonds. The van der Waals surface area contributed by atoms with Crippen LogP contribution in [0, 0.1) is 0 Å². The van der Waals surface area contributed by atoms with Gasteiger partial charge in [0.1, 0.15) is 12.6 Å². The highest BCUT2D eigenvalue weighted by Crippen LogP contribution is 1.85. The molecular formula is C5H13NO4S. The third kappa shape index (κ3) is 9.99. The van der Waals surface area contributed by atoms with Crippen LogP contribution in [-0.2, 0) is 16.1 Å². The minimum Gasteiger partial charge on any atom is -0.750 e. The molecule has 11 heavy (non-hydrogen) atoms. The second-order valence-corrected chi connectivity index (χ2v) is 2.65. The molecule has 2 unspecified atom stereocenters. The van der Waals surface area contributed by atoms with Gasteiger partial charge in [-0.2, -0.15) is 0 Å². The Kier molecular flexibility index (Phi) is 6.68. The lowest BCUT2D eigenvalue weighted by atomic mass is 10.3. The zero-order valence-corrected chi connectivity index (χ0v) is 7.17. The monoisotopic (exact) mass is 183 g/mol. The molecule has 1 fully saturated rings. The van der Waals surface area contributed by atoms with Gasteiger partial charge in [0.15, 0.2) is 0 Å². The molecule has 0 aromatic carbocycles. The summed E-state index contributed by atoms with van der Waals surface area (Å²) in [6.45, 7) is 5.32. The predicted molar refractivity (Wildman–Crippen MR) is 38.6 cm³/mol. The van der Waals surface area contributed by atoms with Crippen molar-refractivity contribution >= 4 is 11.4 Å². The van der Waals surface area contributed by atoms with Gasteiger partial charge >= 0.3 is 0 Å². The van der Waals surface area contributed by atoms with Crippen molar-refractivity contribution in [2.45, 2.75) is 13.0 Å². The van der Waals surface area contributed by atoms with Gasteiger partial charge in [-0.05, 0) is 6.92 Å². The highest BCUT2D eigenvalue weighted by atomic mass is 32.2. The first-order valence-electron chi connectivity index (χ1n) is 3.34. The molecule has 0 aromatic rings. The average Bonchev–Trinajstić information content (AvgIpc) is 1.87. The van der Waals surface area contributed by atoms with E-state index < -0.39 is 11.4 Å². The van der Waals surface area contributed by atoms with E-state index in [1.165, 1.54) is 0 Å². The van der Waals surface area contributed by atoms with Crippen molar-refractivity contribution in [2.75, 3.05) is 19.7 Å². The van der Waals surface area contributed by atoms with Gasteiger partial charge in [0, 0.05) is 0 Å². The Morgan fingerprint density at radius 2 is 2.36 bits per heavy atom. The molecule has 3 N–H and O–H groups in total. The number of morpholine rings is 1. The topological polar surface area (TPSA) is 86.2 Å². The number of nitrogens with two attached hydrogens (primary N) is 1. The molecule has 0 spiro atoms. The van der Waals surface area contributed by atoms with Crippen LogP contribution < -0.4 is 5.32 Å². The zero-order valence-electron chi connectivity index (χ0n) is 6.36. The number of quaternary nitrogens is 1. The molecule has 1 aliphatic heterocycles. The molecule has 6 heteroatoms. The zero-order chi connectivity index (χ0) is 8.69. The van der Waals surface area contributed by atoms with E-state index in [1.807, 2.05) is 0 Å². The Labute approximate surface area is 68.2 Å². The molecule has 0 bridgehead atoms. The second kappa shape index (κ2) is 6.68. The van der Waals surface area contributed by atoms with E-state index in [0.29, 0.717) is 6.10 Å². The van der Waals surface area contributed by atoms with Crippen molar-refractivity contribution in [3.05, 3.63) is 0 Å². The highest BCUT2D eigenvalue weighted by Gasteiger charge is 2.08. The molecule has 68 valence electrons. The van der Waals surface area contributed by atoms with Gasteiger partial charge in [0.05, 0.1) is 24.5 Å². The molecule has 0 radical (unpaired) electrons. The normalized spacial score (nSPS) is 26.6. The summed E-state index contributed by atoms with van der Waals surface area (Å²) in [4.78, 5) is 0. The van der Waals surface area contributed by atoms with Gasteiger partial charge in [-0.25, -0.2) is 4.21 Å². The van der Waals surface area contributed by atoms with Gasteiger partial charge in [0.2, 0.25) is 0 Å². The van der Waals surface area contributed by atoms with Gasteiger partial charge < -0.3 is 19.2 Å². The van der Waals surface area contributed by atoms with Gasteiger partial charge in [-0.15, -0.1) is 0 Å². The number of rotatable bonds is 0. The first kappa shape index (κ1) is 11.0. The number of hydrogen-bond acceptors (Lipinski definition) is 3. The Bertz CT molecular complexity index is 111. The van der Waals surface area contributed by atoms with Crippen LogP contribution in [0.25, 0.3) is 0 Å². The molecule has 1 saturated heterocycles. The summed E-state index contributed by atoms with van der Waals surface area (Å²) in [5, 5.41) is 2.29. The Morgan fingerprint density at radius 3 is 2.55 bits per heavy atom. The van der Waals surface area contributed by atoms with E-state index in [-0.39, 0.29) is 0 Å². The standard InChI is InChI=1S/C5H11NO.H2O3S/c1-5-4-6-2-3-7-5;1-4(2)3/h5-6H,2-4H2,1H3;(H2,1,2,3). The molecule has 1 aliphatic rings. The Hall–Kier alpha value is -0.0100. The lowest BCUT2D eigenvalue weighted by Crippen LogP contribution is -2.89. The summed E-state index contributed by atoms with van der Waals surface area (Å²) in [6, 6.07) is 0. The summed E-state index contributed by atoms with van der Waals surface area (Å²) in [7, 11) is 0. The van der Waals surface area contributed by atoms with Gasteiger partial charge in [-0.3, -0.25) is 0 Å². The summed E-state index contributed by atoms with van der Waals surface area (Å²) in [6.07, 6.45) is 0.480. The van der Waals surface area contributed by atoms with Crippen LogP contribution in [0.1, 0.15) is 6.92 Å². The molecule has 2 atom stereocenters. The fourth-order valence-corrected chi connectivity index (χ4v) is 0.773. The molecule has 1 heterocycles. The lowest BCUT2D eigenvalue weighted by Gasteiger charge is -2.15. The predicted octanol–water partition coefficient (Wildman–Crippen LogP) is -1.69. The summed E-state index contributed by atoms with van der Waals surface area (Å²) < 4.78 is 29.3. The quantitative estimate of drug-likeness (QED) is 0.439. The van der Waals surface area contributed by atoms with Crippen LogP contribution >= 0.6 is 0 Å². The minimum atomic E-state index is -2.86. The van der Waals surface area contributed by atoms with Gasteiger partial charge in [-0.1, -0.05) is 0 Å². The fraction of sp³-hybridized carbons (Fsp3) is 1.00. The van der Waals surface area contributed by atoms with E-state index in [4.69, 9.17) is 18.1 Å². The first-order chi connectivity index (χ1) is 5.13. The molecule has 0 saturated carbocycles.